The van der Waals surface area contributed by atoms with E-state index in [0.29, 0.717) is 0 Å². The number of nitrogens with one attached hydrogen (secondary N) is 1. The topological polar surface area (TPSA) is 28.2 Å². The van der Waals surface area contributed by atoms with Crippen molar-refractivity contribution in [2.75, 3.05) is 10.2 Å². The number of benzene rings is 7. The van der Waals surface area contributed by atoms with Crippen molar-refractivity contribution < 1.29 is 0 Å². The fourth-order valence-electron chi connectivity index (χ4n) is 7.19. The number of fused-ring (bicyclic) bond motifs is 7. The van der Waals surface area contributed by atoms with Crippen LogP contribution in [-0.4, -0.2) is 4.98 Å². The van der Waals surface area contributed by atoms with Crippen LogP contribution in [0.25, 0.3) is 54.5 Å². The Morgan fingerprint density at radius 3 is 1.75 bits per heavy atom. The van der Waals surface area contributed by atoms with Crippen LogP contribution in [0.5, 0.6) is 0 Å². The molecule has 1 atom stereocenters. The second-order valence-electron chi connectivity index (χ2n) is 11.8. The van der Waals surface area contributed by atoms with E-state index in [0.717, 1.165) is 22.4 Å². The molecule has 0 radical (unpaired) electrons. The monoisotopic (exact) mass is 563 g/mol. The molecule has 0 aliphatic carbocycles. The summed E-state index contributed by atoms with van der Waals surface area (Å²) in [6.07, 6.45) is 0. The minimum absolute atomic E-state index is 0.460. The van der Waals surface area contributed by atoms with Crippen LogP contribution >= 0.6 is 0 Å². The molecule has 0 bridgehead atoms. The Morgan fingerprint density at radius 2 is 1.09 bits per heavy atom. The molecule has 0 amide bonds. The van der Waals surface area contributed by atoms with Crippen LogP contribution in [0.3, 0.4) is 0 Å². The highest BCUT2D eigenvalue weighted by molar-refractivity contribution is 6.21. The Hall–Kier alpha value is -5.67. The van der Waals surface area contributed by atoms with Gasteiger partial charge in [0.1, 0.15) is 5.66 Å². The molecule has 3 heteroatoms. The Bertz CT molecular complexity index is 2280. The van der Waals surface area contributed by atoms with E-state index in [-0.39, 0.29) is 0 Å². The fourth-order valence-corrected chi connectivity index (χ4v) is 7.19. The second-order valence-corrected chi connectivity index (χ2v) is 11.8. The lowest BCUT2D eigenvalue weighted by atomic mass is 9.91. The van der Waals surface area contributed by atoms with Crippen molar-refractivity contribution in [1.29, 1.82) is 0 Å². The van der Waals surface area contributed by atoms with Crippen molar-refractivity contribution >= 4 is 60.4 Å². The summed E-state index contributed by atoms with van der Waals surface area (Å²) >= 11 is 0. The number of pyridine rings is 1. The van der Waals surface area contributed by atoms with Gasteiger partial charge in [-0.1, -0.05) is 127 Å². The quantitative estimate of drug-likeness (QED) is 0.171. The second kappa shape index (κ2) is 9.42. The minimum Gasteiger partial charge on any atom is -0.357 e. The van der Waals surface area contributed by atoms with E-state index in [4.69, 9.17) is 4.98 Å². The SMILES string of the molecule is CC1(c2ccc(-c3c4ccc5ccccc5c4nc4c3ccc3ccccc34)cc2)Nc2ccccc2N1c1ccccc1. The van der Waals surface area contributed by atoms with E-state index in [9.17, 15) is 0 Å². The van der Waals surface area contributed by atoms with Gasteiger partial charge in [-0.25, -0.2) is 4.98 Å². The molecule has 1 aliphatic rings. The number of anilines is 3. The summed E-state index contributed by atoms with van der Waals surface area (Å²) in [5, 5.41) is 10.9. The van der Waals surface area contributed by atoms with Crippen molar-refractivity contribution in [2.24, 2.45) is 0 Å². The zero-order chi connectivity index (χ0) is 29.3. The van der Waals surface area contributed by atoms with Gasteiger partial charge in [-0.3, -0.25) is 0 Å². The highest BCUT2D eigenvalue weighted by Gasteiger charge is 2.41. The first-order valence-corrected chi connectivity index (χ1v) is 15.2. The van der Waals surface area contributed by atoms with Crippen molar-refractivity contribution in [2.45, 2.75) is 12.6 Å². The van der Waals surface area contributed by atoms with Gasteiger partial charge < -0.3 is 10.2 Å². The molecule has 208 valence electrons. The predicted octanol–water partition coefficient (Wildman–Crippen LogP) is 10.8. The predicted molar refractivity (Wildman–Crippen MR) is 186 cm³/mol. The van der Waals surface area contributed by atoms with Crippen molar-refractivity contribution in [3.63, 3.8) is 0 Å². The van der Waals surface area contributed by atoms with E-state index in [1.165, 1.54) is 54.7 Å². The summed E-state index contributed by atoms with van der Waals surface area (Å²) in [6.45, 7) is 2.27. The average molecular weight is 564 g/mol. The molecule has 1 unspecified atom stereocenters. The zero-order valence-corrected chi connectivity index (χ0v) is 24.3. The Labute approximate surface area is 256 Å². The molecule has 0 fully saturated rings. The number of aromatic nitrogens is 1. The molecular weight excluding hydrogens is 534 g/mol. The van der Waals surface area contributed by atoms with Crippen LogP contribution in [0.2, 0.25) is 0 Å². The number of nitrogens with zero attached hydrogens (tertiary/aromatic N) is 2. The number of para-hydroxylation sites is 3. The maximum Gasteiger partial charge on any atom is 0.138 e. The average Bonchev–Trinajstić information content (AvgIpc) is 3.40. The molecule has 1 aliphatic heterocycles. The molecule has 7 aromatic carbocycles. The van der Waals surface area contributed by atoms with Crippen LogP contribution in [-0.2, 0) is 5.66 Å². The summed E-state index contributed by atoms with van der Waals surface area (Å²) in [5.41, 5.74) is 8.69. The molecule has 0 spiro atoms. The Balaban J connectivity index is 1.27. The van der Waals surface area contributed by atoms with Crippen LogP contribution < -0.4 is 10.2 Å². The van der Waals surface area contributed by atoms with Gasteiger partial charge in [-0.15, -0.1) is 0 Å². The molecule has 0 saturated carbocycles. The lowest BCUT2D eigenvalue weighted by molar-refractivity contribution is 0.577. The van der Waals surface area contributed by atoms with Crippen molar-refractivity contribution in [3.8, 4) is 11.1 Å². The van der Waals surface area contributed by atoms with E-state index in [1.807, 2.05) is 0 Å². The largest absolute Gasteiger partial charge is 0.357 e. The van der Waals surface area contributed by atoms with E-state index in [2.05, 4.69) is 169 Å². The lowest BCUT2D eigenvalue weighted by Gasteiger charge is -2.37. The molecule has 3 nitrogen and oxygen atoms in total. The van der Waals surface area contributed by atoms with Crippen molar-refractivity contribution in [1.82, 2.24) is 4.98 Å². The lowest BCUT2D eigenvalue weighted by Crippen LogP contribution is -2.42. The van der Waals surface area contributed by atoms with Gasteiger partial charge in [0.2, 0.25) is 0 Å². The summed E-state index contributed by atoms with van der Waals surface area (Å²) in [4.78, 5) is 7.77. The third-order valence-electron chi connectivity index (χ3n) is 9.28. The van der Waals surface area contributed by atoms with Gasteiger partial charge in [-0.05, 0) is 53.1 Å². The van der Waals surface area contributed by atoms with Crippen LogP contribution in [0.1, 0.15) is 12.5 Å². The Kier molecular flexibility index (Phi) is 5.33. The third kappa shape index (κ3) is 3.59. The molecule has 1 N–H and O–H groups in total. The summed E-state index contributed by atoms with van der Waals surface area (Å²) < 4.78 is 0. The Morgan fingerprint density at radius 1 is 0.523 bits per heavy atom. The van der Waals surface area contributed by atoms with Gasteiger partial charge in [0, 0.05) is 32.8 Å². The van der Waals surface area contributed by atoms with Crippen LogP contribution in [0.4, 0.5) is 17.1 Å². The van der Waals surface area contributed by atoms with Crippen LogP contribution in [0, 0.1) is 0 Å². The fraction of sp³-hybridized carbons (Fsp3) is 0.0488. The molecule has 44 heavy (non-hydrogen) atoms. The van der Waals surface area contributed by atoms with E-state index in [1.54, 1.807) is 0 Å². The maximum absolute atomic E-state index is 5.36. The molecule has 0 saturated heterocycles. The first-order chi connectivity index (χ1) is 21.7. The summed E-state index contributed by atoms with van der Waals surface area (Å²) in [6, 6.07) is 54.4. The first-order valence-electron chi connectivity index (χ1n) is 15.2. The van der Waals surface area contributed by atoms with Crippen LogP contribution in [0.15, 0.2) is 152 Å². The molecule has 1 aromatic heterocycles. The molecule has 2 heterocycles. The molecular formula is C41H29N3. The molecule has 8 aromatic rings. The number of hydrogen-bond acceptors (Lipinski definition) is 3. The summed E-state index contributed by atoms with van der Waals surface area (Å²) in [5.74, 6) is 0. The smallest absolute Gasteiger partial charge is 0.138 e. The van der Waals surface area contributed by atoms with Crippen molar-refractivity contribution in [3.05, 3.63) is 157 Å². The first kappa shape index (κ1) is 24.9. The number of rotatable bonds is 3. The van der Waals surface area contributed by atoms with Gasteiger partial charge in [0.05, 0.1) is 22.4 Å². The van der Waals surface area contributed by atoms with Gasteiger partial charge in [-0.2, -0.15) is 0 Å². The highest BCUT2D eigenvalue weighted by Crippen LogP contribution is 2.49. The molecule has 9 rings (SSSR count). The van der Waals surface area contributed by atoms with Gasteiger partial charge >= 0.3 is 0 Å². The van der Waals surface area contributed by atoms with E-state index < -0.39 is 5.66 Å². The van der Waals surface area contributed by atoms with Gasteiger partial charge in [0.25, 0.3) is 0 Å². The van der Waals surface area contributed by atoms with E-state index >= 15 is 0 Å². The maximum atomic E-state index is 5.36. The third-order valence-corrected chi connectivity index (χ3v) is 9.28. The summed E-state index contributed by atoms with van der Waals surface area (Å²) in [7, 11) is 0. The van der Waals surface area contributed by atoms with Gasteiger partial charge in [0.15, 0.2) is 0 Å². The normalized spacial score (nSPS) is 16.1. The minimum atomic E-state index is -0.460. The highest BCUT2D eigenvalue weighted by atomic mass is 15.4. The standard InChI is InChI=1S/C41H29N3/c1-41(43-36-17-9-10-18-37(36)44(41)31-13-3-2-4-14-31)30-23-19-29(20-24-30)38-34-25-21-27-11-5-7-15-32(27)39(34)42-40-33-16-8-6-12-28(33)22-26-35(38)40/h2-26,43H,1H3. The number of hydrogen-bond donors (Lipinski definition) is 1. The zero-order valence-electron chi connectivity index (χ0n) is 24.3.